The molecule has 3 fully saturated rings. The summed E-state index contributed by atoms with van der Waals surface area (Å²) in [5.41, 5.74) is 1.53. The Hall–Kier alpha value is -0.670. The predicted molar refractivity (Wildman–Crippen MR) is 93.4 cm³/mol. The van der Waals surface area contributed by atoms with Crippen LogP contribution >= 0.6 is 0 Å². The number of rotatable bonds is 1. The Labute approximate surface area is 145 Å². The highest BCUT2D eigenvalue weighted by atomic mass is 16.3. The zero-order chi connectivity index (χ0) is 17.3. The largest absolute Gasteiger partial charge is 0.395 e. The lowest BCUT2D eigenvalue weighted by Crippen LogP contribution is -2.55. The van der Waals surface area contributed by atoms with Gasteiger partial charge in [0.1, 0.15) is 0 Å². The minimum atomic E-state index is -0.552. The average Bonchev–Trinajstić information content (AvgIpc) is 2.80. The number of hydrogen-bond donors (Lipinski definition) is 2. The molecule has 0 radical (unpaired) electrons. The van der Waals surface area contributed by atoms with Gasteiger partial charge >= 0.3 is 0 Å². The molecular formula is C21H32O3. The van der Waals surface area contributed by atoms with E-state index in [-0.39, 0.29) is 23.2 Å². The molecule has 0 saturated heterocycles. The Bertz CT molecular complexity index is 604. The molecule has 3 saturated carbocycles. The van der Waals surface area contributed by atoms with Crippen LogP contribution in [-0.2, 0) is 4.79 Å². The van der Waals surface area contributed by atoms with Crippen LogP contribution in [0.3, 0.4) is 0 Å². The Balaban J connectivity index is 1.75. The lowest BCUT2D eigenvalue weighted by atomic mass is 9.45. The number of carbonyl (C=O) groups is 1. The van der Waals surface area contributed by atoms with Crippen LogP contribution in [0.1, 0.15) is 72.1 Å². The Morgan fingerprint density at radius 2 is 1.75 bits per heavy atom. The first-order valence-corrected chi connectivity index (χ1v) is 9.83. The molecule has 2 N–H and O–H groups in total. The van der Waals surface area contributed by atoms with Crippen LogP contribution in [-0.4, -0.2) is 28.2 Å². The van der Waals surface area contributed by atoms with Crippen molar-refractivity contribution in [3.63, 3.8) is 0 Å². The van der Waals surface area contributed by atoms with E-state index in [9.17, 15) is 15.0 Å². The van der Waals surface area contributed by atoms with Crippen molar-refractivity contribution in [3.05, 3.63) is 11.1 Å². The third-order valence-corrected chi connectivity index (χ3v) is 8.99. The van der Waals surface area contributed by atoms with Crippen molar-refractivity contribution in [2.45, 2.75) is 77.7 Å². The van der Waals surface area contributed by atoms with E-state index >= 15 is 0 Å². The van der Waals surface area contributed by atoms with Crippen molar-refractivity contribution in [3.8, 4) is 0 Å². The van der Waals surface area contributed by atoms with Crippen LogP contribution in [0.2, 0.25) is 0 Å². The summed E-state index contributed by atoms with van der Waals surface area (Å²) in [5, 5.41) is 21.4. The van der Waals surface area contributed by atoms with Gasteiger partial charge in [-0.3, -0.25) is 4.79 Å². The molecule has 6 atom stereocenters. The van der Waals surface area contributed by atoms with Gasteiger partial charge < -0.3 is 10.2 Å². The van der Waals surface area contributed by atoms with Gasteiger partial charge in [0.05, 0.1) is 12.2 Å². The summed E-state index contributed by atoms with van der Waals surface area (Å²) in [7, 11) is 0. The van der Waals surface area contributed by atoms with Crippen LogP contribution < -0.4 is 0 Å². The zero-order valence-electron chi connectivity index (χ0n) is 15.4. The molecule has 3 heteroatoms. The normalized spacial score (nSPS) is 51.2. The Morgan fingerprint density at radius 3 is 2.46 bits per heavy atom. The van der Waals surface area contributed by atoms with Gasteiger partial charge in [0.15, 0.2) is 5.78 Å². The van der Waals surface area contributed by atoms with Gasteiger partial charge in [-0.2, -0.15) is 0 Å². The number of fused-ring (bicyclic) bond motifs is 5. The van der Waals surface area contributed by atoms with Gasteiger partial charge in [-0.05, 0) is 87.5 Å². The lowest BCUT2D eigenvalue weighted by molar-refractivity contribution is -0.131. The van der Waals surface area contributed by atoms with E-state index in [0.29, 0.717) is 24.2 Å². The number of Topliss-reactive ketones (excluding diaryl/α,β-unsaturated/α-hetero) is 1. The van der Waals surface area contributed by atoms with E-state index in [2.05, 4.69) is 6.92 Å². The minimum absolute atomic E-state index is 0.0194. The van der Waals surface area contributed by atoms with Crippen molar-refractivity contribution in [1.29, 1.82) is 0 Å². The van der Waals surface area contributed by atoms with Crippen LogP contribution in [0.4, 0.5) is 0 Å². The van der Waals surface area contributed by atoms with Gasteiger partial charge in [-0.25, -0.2) is 0 Å². The molecule has 24 heavy (non-hydrogen) atoms. The second-order valence-electron chi connectivity index (χ2n) is 9.53. The van der Waals surface area contributed by atoms with E-state index in [0.717, 1.165) is 50.5 Å². The molecule has 4 rings (SSSR count). The fraction of sp³-hybridized carbons (Fsp3) is 0.857. The van der Waals surface area contributed by atoms with Gasteiger partial charge in [0.25, 0.3) is 0 Å². The summed E-state index contributed by atoms with van der Waals surface area (Å²) >= 11 is 0. The van der Waals surface area contributed by atoms with E-state index in [4.69, 9.17) is 0 Å². The third kappa shape index (κ3) is 1.89. The summed E-state index contributed by atoms with van der Waals surface area (Å²) in [6, 6.07) is 0. The van der Waals surface area contributed by atoms with E-state index in [1.807, 2.05) is 13.8 Å². The highest BCUT2D eigenvalue weighted by Crippen LogP contribution is 2.67. The summed E-state index contributed by atoms with van der Waals surface area (Å²) in [6.45, 7) is 6.50. The highest BCUT2D eigenvalue weighted by Gasteiger charge is 2.63. The van der Waals surface area contributed by atoms with Crippen molar-refractivity contribution >= 4 is 5.78 Å². The molecule has 0 aliphatic heterocycles. The van der Waals surface area contributed by atoms with Gasteiger partial charge in [0, 0.05) is 11.8 Å². The molecule has 134 valence electrons. The highest BCUT2D eigenvalue weighted by molar-refractivity contribution is 5.96. The van der Waals surface area contributed by atoms with Gasteiger partial charge in [-0.15, -0.1) is 0 Å². The quantitative estimate of drug-likeness (QED) is 0.771. The predicted octanol–water partition coefficient (Wildman–Crippen LogP) is 3.63. The Kier molecular flexibility index (Phi) is 3.61. The molecule has 0 aromatic rings. The number of aliphatic hydroxyl groups excluding tert-OH is 1. The number of hydrogen-bond acceptors (Lipinski definition) is 3. The third-order valence-electron chi connectivity index (χ3n) is 8.99. The van der Waals surface area contributed by atoms with Crippen LogP contribution in [0.5, 0.6) is 0 Å². The van der Waals surface area contributed by atoms with Crippen molar-refractivity contribution in [1.82, 2.24) is 0 Å². The molecule has 4 aliphatic carbocycles. The summed E-state index contributed by atoms with van der Waals surface area (Å²) in [6.07, 6.45) is 7.67. The van der Waals surface area contributed by atoms with E-state index < -0.39 is 5.60 Å². The van der Waals surface area contributed by atoms with Crippen molar-refractivity contribution in [2.75, 3.05) is 6.61 Å². The summed E-state index contributed by atoms with van der Waals surface area (Å²) in [4.78, 5) is 12.2. The topological polar surface area (TPSA) is 57.5 Å². The number of carbonyl (C=O) groups excluding carboxylic acids is 1. The van der Waals surface area contributed by atoms with Crippen LogP contribution in [0.25, 0.3) is 0 Å². The summed E-state index contributed by atoms with van der Waals surface area (Å²) < 4.78 is 0. The van der Waals surface area contributed by atoms with Crippen LogP contribution in [0, 0.1) is 28.6 Å². The fourth-order valence-electron chi connectivity index (χ4n) is 7.28. The van der Waals surface area contributed by atoms with Gasteiger partial charge in [0.2, 0.25) is 0 Å². The van der Waals surface area contributed by atoms with Gasteiger partial charge in [-0.1, -0.05) is 12.5 Å². The van der Waals surface area contributed by atoms with E-state index in [1.54, 1.807) is 0 Å². The first-order chi connectivity index (χ1) is 11.3. The minimum Gasteiger partial charge on any atom is -0.395 e. The molecule has 3 nitrogen and oxygen atoms in total. The second kappa shape index (κ2) is 5.17. The first-order valence-electron chi connectivity index (χ1n) is 9.83. The molecule has 0 unspecified atom stereocenters. The molecular weight excluding hydrogens is 300 g/mol. The fourth-order valence-corrected chi connectivity index (χ4v) is 7.28. The zero-order valence-corrected chi connectivity index (χ0v) is 15.4. The maximum absolute atomic E-state index is 12.2. The lowest BCUT2D eigenvalue weighted by Gasteiger charge is -2.59. The number of ketones is 1. The maximum Gasteiger partial charge on any atom is 0.158 e. The maximum atomic E-state index is 12.2. The summed E-state index contributed by atoms with van der Waals surface area (Å²) in [5.74, 6) is 1.93. The monoisotopic (exact) mass is 332 g/mol. The smallest absolute Gasteiger partial charge is 0.158 e. The first kappa shape index (κ1) is 16.8. The van der Waals surface area contributed by atoms with E-state index in [1.165, 1.54) is 5.57 Å². The Morgan fingerprint density at radius 1 is 1.04 bits per heavy atom. The molecule has 0 aromatic heterocycles. The molecule has 0 aromatic carbocycles. The molecule has 0 spiro atoms. The molecule has 0 bridgehead atoms. The molecule has 4 aliphatic rings. The second-order valence-corrected chi connectivity index (χ2v) is 9.53. The SMILES string of the molecule is CC1=C2CC[C@@H]3[C@H](CC[C@@]4(C)[C@H]3CC[C@]4(C)O)[C@@]2(CO)CCC1=O. The van der Waals surface area contributed by atoms with Crippen molar-refractivity contribution in [2.24, 2.45) is 28.6 Å². The molecule has 0 heterocycles. The average molecular weight is 332 g/mol. The standard InChI is InChI=1S/C21H32O3/c1-13-15-5-4-14-16-7-10-20(3,24)19(16,2)9-6-17(14)21(15,12-22)11-8-18(13)23/h14,16-17,22,24H,4-12H2,1-3H3/t14-,16-,17-,19-,20-,21+/m0/s1. The van der Waals surface area contributed by atoms with Crippen LogP contribution in [0.15, 0.2) is 11.1 Å². The molecule has 0 amide bonds. The van der Waals surface area contributed by atoms with Crippen molar-refractivity contribution < 1.29 is 15.0 Å². The number of aliphatic hydroxyl groups is 2.